The van der Waals surface area contributed by atoms with Gasteiger partial charge in [0.2, 0.25) is 0 Å². The highest BCUT2D eigenvalue weighted by atomic mass is 16.5. The van der Waals surface area contributed by atoms with Crippen molar-refractivity contribution in [1.29, 1.82) is 0 Å². The molecule has 5 nitrogen and oxygen atoms in total. The lowest BCUT2D eigenvalue weighted by molar-refractivity contribution is 0.306. The van der Waals surface area contributed by atoms with Crippen LogP contribution in [0.25, 0.3) is 66.0 Å². The van der Waals surface area contributed by atoms with Gasteiger partial charge in [-0.1, -0.05) is 72.8 Å². The molecule has 0 unspecified atom stereocenters. The lowest BCUT2D eigenvalue weighted by Gasteiger charge is -2.35. The molecule has 1 aliphatic rings. The molecule has 0 saturated carbocycles. The van der Waals surface area contributed by atoms with E-state index in [0.29, 0.717) is 6.01 Å². The second kappa shape index (κ2) is 8.64. The molecule has 5 heteroatoms. The number of rotatable bonds is 2. The first-order chi connectivity index (χ1) is 22.1. The molecule has 1 aliphatic heterocycles. The van der Waals surface area contributed by atoms with Gasteiger partial charge in [-0.2, -0.15) is 4.98 Å². The van der Waals surface area contributed by atoms with Crippen molar-refractivity contribution in [2.75, 3.05) is 0 Å². The lowest BCUT2D eigenvalue weighted by Crippen LogP contribution is -2.31. The third kappa shape index (κ3) is 3.24. The lowest BCUT2D eigenvalue weighted by atomic mass is 9.91. The molecule has 0 saturated heterocycles. The number of nitrogens with zero attached hydrogens (tertiary/aromatic N) is 4. The van der Waals surface area contributed by atoms with Gasteiger partial charge in [-0.15, -0.1) is 0 Å². The van der Waals surface area contributed by atoms with Crippen molar-refractivity contribution in [3.05, 3.63) is 139 Å². The average molecular weight is 581 g/mol. The monoisotopic (exact) mass is 580 g/mol. The molecule has 6 aromatic carbocycles. The van der Waals surface area contributed by atoms with Crippen LogP contribution in [0.3, 0.4) is 0 Å². The van der Waals surface area contributed by atoms with Gasteiger partial charge >= 0.3 is 6.01 Å². The van der Waals surface area contributed by atoms with E-state index in [0.717, 1.165) is 39.2 Å². The van der Waals surface area contributed by atoms with E-state index in [1.54, 1.807) is 0 Å². The van der Waals surface area contributed by atoms with Gasteiger partial charge in [0.05, 0.1) is 38.6 Å². The molecule has 214 valence electrons. The minimum absolute atomic E-state index is 0.330. The summed E-state index contributed by atoms with van der Waals surface area (Å²) < 4.78 is 13.6. The van der Waals surface area contributed by atoms with Crippen LogP contribution in [0.4, 0.5) is 0 Å². The van der Waals surface area contributed by atoms with Gasteiger partial charge in [0.1, 0.15) is 5.75 Å². The quantitative estimate of drug-likeness (QED) is 0.204. The van der Waals surface area contributed by atoms with E-state index in [2.05, 4.69) is 149 Å². The van der Waals surface area contributed by atoms with Crippen LogP contribution in [0.15, 0.2) is 133 Å². The Kier molecular flexibility index (Phi) is 4.73. The number of hydrogen-bond donors (Lipinski definition) is 0. The number of para-hydroxylation sites is 5. The minimum Gasteiger partial charge on any atom is -0.425 e. The highest BCUT2D eigenvalue weighted by molar-refractivity contribution is 6.19. The van der Waals surface area contributed by atoms with Crippen molar-refractivity contribution in [3.63, 3.8) is 0 Å². The first kappa shape index (κ1) is 24.6. The largest absolute Gasteiger partial charge is 0.425 e. The summed E-state index contributed by atoms with van der Waals surface area (Å²) in [5, 5.41) is 4.92. The third-order valence-corrected chi connectivity index (χ3v) is 9.65. The number of ether oxygens (including phenoxy) is 1. The van der Waals surface area contributed by atoms with Gasteiger partial charge in [-0.05, 0) is 68.4 Å². The van der Waals surface area contributed by atoms with E-state index >= 15 is 0 Å². The summed E-state index contributed by atoms with van der Waals surface area (Å²) >= 11 is 0. The zero-order chi connectivity index (χ0) is 29.9. The molecular formula is C40H28N4O. The zero-order valence-corrected chi connectivity index (χ0v) is 24.9. The molecule has 10 rings (SSSR count). The van der Waals surface area contributed by atoms with Crippen molar-refractivity contribution in [1.82, 2.24) is 18.7 Å². The second-order valence-corrected chi connectivity index (χ2v) is 12.5. The summed E-state index contributed by atoms with van der Waals surface area (Å²) in [7, 11) is 0. The van der Waals surface area contributed by atoms with Crippen molar-refractivity contribution in [2.45, 2.75) is 19.4 Å². The maximum absolute atomic E-state index is 6.58. The molecule has 0 bridgehead atoms. The van der Waals surface area contributed by atoms with Crippen LogP contribution >= 0.6 is 0 Å². The molecule has 45 heavy (non-hydrogen) atoms. The van der Waals surface area contributed by atoms with E-state index < -0.39 is 0 Å². The van der Waals surface area contributed by atoms with Gasteiger partial charge in [0.15, 0.2) is 0 Å². The normalized spacial score (nSPS) is 13.9. The third-order valence-electron chi connectivity index (χ3n) is 9.65. The van der Waals surface area contributed by atoms with Gasteiger partial charge in [0, 0.05) is 44.5 Å². The summed E-state index contributed by atoms with van der Waals surface area (Å²) in [4.78, 5) is 4.86. The summed E-state index contributed by atoms with van der Waals surface area (Å²) in [5.74, 6) is 0.841. The average Bonchev–Trinajstić information content (AvgIpc) is 3.71. The predicted molar refractivity (Wildman–Crippen MR) is 183 cm³/mol. The number of fused-ring (bicyclic) bond motifs is 10. The smallest absolute Gasteiger partial charge is 0.303 e. The highest BCUT2D eigenvalue weighted by Gasteiger charge is 2.36. The summed E-state index contributed by atoms with van der Waals surface area (Å²) in [6.45, 7) is 4.48. The summed E-state index contributed by atoms with van der Waals surface area (Å²) in [5.41, 5.74) is 9.78. The summed E-state index contributed by atoms with van der Waals surface area (Å²) in [6.07, 6.45) is 0. The van der Waals surface area contributed by atoms with E-state index in [4.69, 9.17) is 9.72 Å². The number of aromatic nitrogens is 4. The number of imidazole rings is 1. The zero-order valence-electron chi connectivity index (χ0n) is 24.9. The molecule has 3 aromatic heterocycles. The summed E-state index contributed by atoms with van der Waals surface area (Å²) in [6, 6.07) is 48.3. The molecule has 0 amide bonds. The SMILES string of the molecule is CC1(C)c2ccc(-n3c4ccccc4c4cc5c(cc43)c3ccccc3n5-c3ccccc3)cc2Oc2nc3ccccc3n21. The van der Waals surface area contributed by atoms with Crippen LogP contribution in [0.5, 0.6) is 11.8 Å². The van der Waals surface area contributed by atoms with E-state index in [9.17, 15) is 0 Å². The first-order valence-corrected chi connectivity index (χ1v) is 15.4. The molecular weight excluding hydrogens is 552 g/mol. The Balaban J connectivity index is 1.25. The maximum atomic E-state index is 6.58. The van der Waals surface area contributed by atoms with Crippen LogP contribution < -0.4 is 4.74 Å². The van der Waals surface area contributed by atoms with Gasteiger partial charge in [0.25, 0.3) is 0 Å². The predicted octanol–water partition coefficient (Wildman–Crippen LogP) is 10.1. The van der Waals surface area contributed by atoms with E-state index in [-0.39, 0.29) is 5.54 Å². The molecule has 0 fully saturated rings. The molecule has 9 aromatic rings. The Hall–Kier alpha value is -5.81. The minimum atomic E-state index is -0.330. The fourth-order valence-corrected chi connectivity index (χ4v) is 7.64. The standard InChI is InChI=1S/C40H28N4O/c1-40(2)31-21-20-26(22-38(31)45-39-41-32-16-8-11-19-35(32)44(39)40)43-34-18-10-7-15-28(34)30-23-36-29(24-37(30)43)27-14-6-9-17-33(27)42(36)25-12-4-3-5-13-25/h3-24H,1-2H3. The van der Waals surface area contributed by atoms with Crippen LogP contribution in [-0.2, 0) is 5.54 Å². The highest BCUT2D eigenvalue weighted by Crippen LogP contribution is 2.46. The van der Waals surface area contributed by atoms with Crippen molar-refractivity contribution < 1.29 is 4.74 Å². The van der Waals surface area contributed by atoms with Gasteiger partial charge < -0.3 is 13.9 Å². The molecule has 0 atom stereocenters. The Bertz CT molecular complexity index is 2650. The Morgan fingerprint density at radius 2 is 1.09 bits per heavy atom. The topological polar surface area (TPSA) is 36.9 Å². The fraction of sp³-hybridized carbons (Fsp3) is 0.0750. The Morgan fingerprint density at radius 3 is 1.78 bits per heavy atom. The molecule has 0 N–H and O–H groups in total. The number of hydrogen-bond acceptors (Lipinski definition) is 2. The van der Waals surface area contributed by atoms with Crippen LogP contribution in [-0.4, -0.2) is 18.7 Å². The molecule has 0 spiro atoms. The Labute approximate surface area is 259 Å². The fourth-order valence-electron chi connectivity index (χ4n) is 7.64. The number of benzene rings is 6. The molecule has 0 radical (unpaired) electrons. The Morgan fingerprint density at radius 1 is 0.511 bits per heavy atom. The van der Waals surface area contributed by atoms with Crippen molar-refractivity contribution in [3.8, 4) is 23.1 Å². The van der Waals surface area contributed by atoms with Gasteiger partial charge in [-0.3, -0.25) is 4.57 Å². The molecule has 4 heterocycles. The first-order valence-electron chi connectivity index (χ1n) is 15.4. The maximum Gasteiger partial charge on any atom is 0.303 e. The van der Waals surface area contributed by atoms with Crippen LogP contribution in [0, 0.1) is 0 Å². The van der Waals surface area contributed by atoms with E-state index in [1.807, 2.05) is 12.1 Å². The molecule has 0 aliphatic carbocycles. The van der Waals surface area contributed by atoms with Crippen molar-refractivity contribution in [2.24, 2.45) is 0 Å². The van der Waals surface area contributed by atoms with Gasteiger partial charge in [-0.25, -0.2) is 0 Å². The van der Waals surface area contributed by atoms with Crippen molar-refractivity contribution >= 4 is 54.6 Å². The van der Waals surface area contributed by atoms with Crippen LogP contribution in [0.1, 0.15) is 19.4 Å². The van der Waals surface area contributed by atoms with Crippen LogP contribution in [0.2, 0.25) is 0 Å². The van der Waals surface area contributed by atoms with E-state index in [1.165, 1.54) is 38.1 Å². The second-order valence-electron chi connectivity index (χ2n) is 12.5.